The lowest BCUT2D eigenvalue weighted by Gasteiger charge is -2.20. The van der Waals surface area contributed by atoms with Gasteiger partial charge in [0.15, 0.2) is 11.6 Å². The third-order valence-corrected chi connectivity index (χ3v) is 4.44. The maximum absolute atomic E-state index is 14.0. The van der Waals surface area contributed by atoms with E-state index in [1.54, 1.807) is 0 Å². The minimum atomic E-state index is -0.290. The fraction of sp³-hybridized carbons (Fsp3) is 0.667. The van der Waals surface area contributed by atoms with Gasteiger partial charge in [-0.3, -0.25) is 0 Å². The van der Waals surface area contributed by atoms with E-state index in [9.17, 15) is 4.39 Å². The maximum Gasteiger partial charge on any atom is 0.186 e. The van der Waals surface area contributed by atoms with Crippen molar-refractivity contribution in [3.63, 3.8) is 0 Å². The summed E-state index contributed by atoms with van der Waals surface area (Å²) in [5.41, 5.74) is 0.487. The van der Waals surface area contributed by atoms with E-state index in [1.165, 1.54) is 19.2 Å². The molecule has 94 valence electrons. The predicted octanol–water partition coefficient (Wildman–Crippen LogP) is 2.87. The van der Waals surface area contributed by atoms with Crippen molar-refractivity contribution in [2.75, 3.05) is 11.6 Å². The molecule has 2 unspecified atom stereocenters. The number of hydrogen-bond donors (Lipinski definition) is 1. The Labute approximate surface area is 106 Å². The molecule has 0 saturated heterocycles. The molecule has 0 radical (unpaired) electrons. The van der Waals surface area contributed by atoms with E-state index >= 15 is 0 Å². The Bertz CT molecular complexity index is 386. The maximum atomic E-state index is 14.0. The van der Waals surface area contributed by atoms with E-state index in [-0.39, 0.29) is 5.82 Å². The van der Waals surface area contributed by atoms with Gasteiger partial charge in [0, 0.05) is 11.3 Å². The quantitative estimate of drug-likeness (QED) is 0.897. The van der Waals surface area contributed by atoms with Crippen LogP contribution in [0.2, 0.25) is 0 Å². The van der Waals surface area contributed by atoms with Crippen molar-refractivity contribution in [3.8, 4) is 0 Å². The lowest BCUT2D eigenvalue weighted by atomic mass is 10.2. The summed E-state index contributed by atoms with van der Waals surface area (Å²) in [5, 5.41) is 3.80. The van der Waals surface area contributed by atoms with E-state index in [4.69, 9.17) is 0 Å². The number of anilines is 1. The van der Waals surface area contributed by atoms with Crippen molar-refractivity contribution in [3.05, 3.63) is 17.8 Å². The molecule has 3 nitrogen and oxygen atoms in total. The van der Waals surface area contributed by atoms with Crippen LogP contribution in [-0.2, 0) is 6.42 Å². The molecule has 1 aromatic rings. The van der Waals surface area contributed by atoms with Crippen LogP contribution in [0.4, 0.5) is 10.2 Å². The summed E-state index contributed by atoms with van der Waals surface area (Å²) in [7, 11) is 0. The van der Waals surface area contributed by atoms with Gasteiger partial charge in [0.05, 0.1) is 5.69 Å². The van der Waals surface area contributed by atoms with Crippen LogP contribution in [0.15, 0.2) is 6.33 Å². The Morgan fingerprint density at radius 1 is 1.47 bits per heavy atom. The summed E-state index contributed by atoms with van der Waals surface area (Å²) in [6, 6.07) is 0.333. The molecule has 1 N–H and O–H groups in total. The monoisotopic (exact) mass is 255 g/mol. The standard InChI is InChI=1S/C12H18FN3S/c1-3-8-11(13)12(15-7-14-8)16-9-5-4-6-10(9)17-2/h7,9-10H,3-6H2,1-2H3,(H,14,15,16). The SMILES string of the molecule is CCc1ncnc(NC2CCCC2SC)c1F. The number of hydrogen-bond acceptors (Lipinski definition) is 4. The average Bonchev–Trinajstić information content (AvgIpc) is 2.79. The number of aromatic nitrogens is 2. The first-order valence-corrected chi connectivity index (χ1v) is 7.33. The molecule has 0 aliphatic heterocycles. The van der Waals surface area contributed by atoms with Crippen LogP contribution in [-0.4, -0.2) is 27.5 Å². The zero-order chi connectivity index (χ0) is 12.3. The third-order valence-electron chi connectivity index (χ3n) is 3.27. The highest BCUT2D eigenvalue weighted by Crippen LogP contribution is 2.31. The second-order valence-corrected chi connectivity index (χ2v) is 5.37. The van der Waals surface area contributed by atoms with Crippen molar-refractivity contribution in [2.24, 2.45) is 0 Å². The highest BCUT2D eigenvalue weighted by atomic mass is 32.2. The largest absolute Gasteiger partial charge is 0.364 e. The number of thioether (sulfide) groups is 1. The summed E-state index contributed by atoms with van der Waals surface area (Å²) in [5.74, 6) is 0.0737. The van der Waals surface area contributed by atoms with Gasteiger partial charge in [-0.1, -0.05) is 13.3 Å². The lowest BCUT2D eigenvalue weighted by Crippen LogP contribution is -2.27. The van der Waals surface area contributed by atoms with Gasteiger partial charge in [-0.05, 0) is 25.5 Å². The first-order chi connectivity index (χ1) is 8.26. The zero-order valence-electron chi connectivity index (χ0n) is 10.2. The van der Waals surface area contributed by atoms with Crippen molar-refractivity contribution < 1.29 is 4.39 Å². The van der Waals surface area contributed by atoms with Crippen LogP contribution in [0.5, 0.6) is 0 Å². The van der Waals surface area contributed by atoms with Gasteiger partial charge in [0.1, 0.15) is 6.33 Å². The summed E-state index contributed by atoms with van der Waals surface area (Å²) in [6.45, 7) is 1.90. The Kier molecular flexibility index (Phi) is 4.20. The highest BCUT2D eigenvalue weighted by molar-refractivity contribution is 7.99. The van der Waals surface area contributed by atoms with Crippen LogP contribution in [0.25, 0.3) is 0 Å². The van der Waals surface area contributed by atoms with Crippen molar-refractivity contribution in [1.82, 2.24) is 9.97 Å². The molecule has 1 saturated carbocycles. The summed E-state index contributed by atoms with van der Waals surface area (Å²) in [6.07, 6.45) is 7.64. The third kappa shape index (κ3) is 2.70. The van der Waals surface area contributed by atoms with E-state index < -0.39 is 0 Å². The van der Waals surface area contributed by atoms with Gasteiger partial charge < -0.3 is 5.32 Å². The molecule has 17 heavy (non-hydrogen) atoms. The van der Waals surface area contributed by atoms with Crippen LogP contribution < -0.4 is 5.32 Å². The lowest BCUT2D eigenvalue weighted by molar-refractivity contribution is 0.591. The molecule has 1 heterocycles. The molecule has 0 spiro atoms. The number of rotatable bonds is 4. The van der Waals surface area contributed by atoms with Gasteiger partial charge >= 0.3 is 0 Å². The number of aryl methyl sites for hydroxylation is 1. The Balaban J connectivity index is 2.13. The molecule has 1 aromatic heterocycles. The van der Waals surface area contributed by atoms with Crippen LogP contribution >= 0.6 is 11.8 Å². The molecule has 1 fully saturated rings. The fourth-order valence-electron chi connectivity index (χ4n) is 2.30. The smallest absolute Gasteiger partial charge is 0.186 e. The van der Waals surface area contributed by atoms with E-state index in [2.05, 4.69) is 21.5 Å². The molecule has 0 bridgehead atoms. The van der Waals surface area contributed by atoms with Crippen molar-refractivity contribution >= 4 is 17.6 Å². The Morgan fingerprint density at radius 2 is 2.29 bits per heavy atom. The number of halogens is 1. The van der Waals surface area contributed by atoms with Crippen molar-refractivity contribution in [2.45, 2.75) is 43.9 Å². The molecular weight excluding hydrogens is 237 g/mol. The van der Waals surface area contributed by atoms with Gasteiger partial charge in [-0.2, -0.15) is 11.8 Å². The van der Waals surface area contributed by atoms with Crippen molar-refractivity contribution in [1.29, 1.82) is 0 Å². The topological polar surface area (TPSA) is 37.8 Å². The highest BCUT2D eigenvalue weighted by Gasteiger charge is 2.27. The van der Waals surface area contributed by atoms with Gasteiger partial charge in [0.25, 0.3) is 0 Å². The molecule has 0 amide bonds. The van der Waals surface area contributed by atoms with Crippen LogP contribution in [0.3, 0.4) is 0 Å². The normalized spacial score (nSPS) is 23.9. The van der Waals surface area contributed by atoms with E-state index in [0.29, 0.717) is 29.2 Å². The predicted molar refractivity (Wildman–Crippen MR) is 69.9 cm³/mol. The van der Waals surface area contributed by atoms with Gasteiger partial charge in [0.2, 0.25) is 0 Å². The molecule has 5 heteroatoms. The molecule has 2 atom stereocenters. The second kappa shape index (κ2) is 5.67. The second-order valence-electron chi connectivity index (χ2n) is 4.29. The molecular formula is C12H18FN3S. The average molecular weight is 255 g/mol. The molecule has 0 aromatic carbocycles. The first kappa shape index (κ1) is 12.6. The number of nitrogens with zero attached hydrogens (tertiary/aromatic N) is 2. The van der Waals surface area contributed by atoms with Crippen LogP contribution in [0.1, 0.15) is 31.9 Å². The Hall–Kier alpha value is -0.840. The minimum Gasteiger partial charge on any atom is -0.364 e. The molecule has 1 aliphatic rings. The minimum absolute atomic E-state index is 0.290. The van der Waals surface area contributed by atoms with Crippen LogP contribution in [0, 0.1) is 5.82 Å². The molecule has 1 aliphatic carbocycles. The Morgan fingerprint density at radius 3 is 3.00 bits per heavy atom. The van der Waals surface area contributed by atoms with E-state index in [1.807, 2.05) is 18.7 Å². The van der Waals surface area contributed by atoms with E-state index in [0.717, 1.165) is 6.42 Å². The first-order valence-electron chi connectivity index (χ1n) is 6.05. The summed E-state index contributed by atoms with van der Waals surface area (Å²) >= 11 is 1.85. The molecule has 2 rings (SSSR count). The zero-order valence-corrected chi connectivity index (χ0v) is 11.1. The van der Waals surface area contributed by atoms with Gasteiger partial charge in [-0.15, -0.1) is 0 Å². The number of nitrogens with one attached hydrogen (secondary N) is 1. The van der Waals surface area contributed by atoms with Gasteiger partial charge in [-0.25, -0.2) is 14.4 Å². The summed E-state index contributed by atoms with van der Waals surface area (Å²) in [4.78, 5) is 7.95. The summed E-state index contributed by atoms with van der Waals surface area (Å²) < 4.78 is 14.0. The fourth-order valence-corrected chi connectivity index (χ4v) is 3.24.